The monoisotopic (exact) mass is 240 g/mol. The maximum atomic E-state index is 12.9. The summed E-state index contributed by atoms with van der Waals surface area (Å²) in [6, 6.07) is 4.53. The molecule has 0 fully saturated rings. The molecule has 2 nitrogen and oxygen atoms in total. The molecule has 66 valence electrons. The van der Waals surface area contributed by atoms with Crippen LogP contribution in [0.2, 0.25) is 0 Å². The lowest BCUT2D eigenvalue weighted by atomic mass is 10.1. The minimum atomic E-state index is -0.287. The van der Waals surface area contributed by atoms with Gasteiger partial charge in [-0.05, 0) is 39.5 Å². The Balaban J connectivity index is 2.94. The first-order chi connectivity index (χ1) is 6.18. The SMILES string of the molecule is Nc1nccc2cc(F)cc(Br)c12. The zero-order valence-corrected chi connectivity index (χ0v) is 8.18. The smallest absolute Gasteiger partial charge is 0.132 e. The first kappa shape index (κ1) is 8.44. The first-order valence-electron chi connectivity index (χ1n) is 3.68. The molecule has 2 aromatic rings. The number of aromatic nitrogens is 1. The van der Waals surface area contributed by atoms with Crippen LogP contribution in [0, 0.1) is 5.82 Å². The van der Waals surface area contributed by atoms with Crippen molar-refractivity contribution >= 4 is 32.5 Å². The molecule has 0 aliphatic carbocycles. The molecule has 0 aliphatic heterocycles. The van der Waals surface area contributed by atoms with Crippen LogP contribution in [0.3, 0.4) is 0 Å². The number of nitrogens with two attached hydrogens (primary N) is 1. The minimum absolute atomic E-state index is 0.287. The maximum absolute atomic E-state index is 12.9. The second-order valence-corrected chi connectivity index (χ2v) is 3.54. The van der Waals surface area contributed by atoms with E-state index >= 15 is 0 Å². The lowest BCUT2D eigenvalue weighted by Crippen LogP contribution is -1.92. The highest BCUT2D eigenvalue weighted by atomic mass is 79.9. The van der Waals surface area contributed by atoms with Crippen molar-refractivity contribution in [3.63, 3.8) is 0 Å². The molecule has 2 rings (SSSR count). The van der Waals surface area contributed by atoms with E-state index in [1.807, 2.05) is 0 Å². The Bertz CT molecular complexity index is 470. The summed E-state index contributed by atoms with van der Waals surface area (Å²) in [5.41, 5.74) is 5.64. The van der Waals surface area contributed by atoms with E-state index in [-0.39, 0.29) is 5.82 Å². The van der Waals surface area contributed by atoms with Crippen LogP contribution >= 0.6 is 15.9 Å². The predicted octanol–water partition coefficient (Wildman–Crippen LogP) is 2.72. The van der Waals surface area contributed by atoms with E-state index < -0.39 is 0 Å². The number of pyridine rings is 1. The normalized spacial score (nSPS) is 10.6. The van der Waals surface area contributed by atoms with Gasteiger partial charge in [0.15, 0.2) is 0 Å². The van der Waals surface area contributed by atoms with Gasteiger partial charge in [-0.15, -0.1) is 0 Å². The number of hydrogen-bond donors (Lipinski definition) is 1. The van der Waals surface area contributed by atoms with Gasteiger partial charge in [0.1, 0.15) is 11.6 Å². The fourth-order valence-electron chi connectivity index (χ4n) is 1.26. The van der Waals surface area contributed by atoms with Crippen LogP contribution in [0.5, 0.6) is 0 Å². The third-order valence-electron chi connectivity index (χ3n) is 1.81. The highest BCUT2D eigenvalue weighted by molar-refractivity contribution is 9.10. The topological polar surface area (TPSA) is 38.9 Å². The molecule has 0 aliphatic rings. The number of nitrogen functional groups attached to an aromatic ring is 1. The van der Waals surface area contributed by atoms with E-state index in [4.69, 9.17) is 5.73 Å². The summed E-state index contributed by atoms with van der Waals surface area (Å²) in [4.78, 5) is 3.92. The molecule has 0 radical (unpaired) electrons. The first-order valence-corrected chi connectivity index (χ1v) is 4.47. The van der Waals surface area contributed by atoms with Crippen molar-refractivity contribution in [3.8, 4) is 0 Å². The molecule has 2 N–H and O–H groups in total. The Labute approximate surface area is 82.7 Å². The third-order valence-corrected chi connectivity index (χ3v) is 2.43. The lowest BCUT2D eigenvalue weighted by Gasteiger charge is -2.02. The van der Waals surface area contributed by atoms with Crippen molar-refractivity contribution in [2.24, 2.45) is 0 Å². The van der Waals surface area contributed by atoms with E-state index in [9.17, 15) is 4.39 Å². The van der Waals surface area contributed by atoms with Gasteiger partial charge >= 0.3 is 0 Å². The highest BCUT2D eigenvalue weighted by Gasteiger charge is 2.04. The molecule has 0 spiro atoms. The van der Waals surface area contributed by atoms with E-state index in [2.05, 4.69) is 20.9 Å². The fraction of sp³-hybridized carbons (Fsp3) is 0. The summed E-state index contributed by atoms with van der Waals surface area (Å²) >= 11 is 3.24. The minimum Gasteiger partial charge on any atom is -0.383 e. The third kappa shape index (κ3) is 1.37. The Morgan fingerprint density at radius 1 is 1.38 bits per heavy atom. The number of benzene rings is 1. The van der Waals surface area contributed by atoms with Gasteiger partial charge in [-0.1, -0.05) is 0 Å². The molecular weight excluding hydrogens is 235 g/mol. The molecule has 0 unspecified atom stereocenters. The molecule has 0 atom stereocenters. The Morgan fingerprint density at radius 2 is 2.15 bits per heavy atom. The van der Waals surface area contributed by atoms with Crippen LogP contribution in [-0.4, -0.2) is 4.98 Å². The van der Waals surface area contributed by atoms with Crippen molar-refractivity contribution in [1.29, 1.82) is 0 Å². The van der Waals surface area contributed by atoms with Gasteiger partial charge in [0.2, 0.25) is 0 Å². The molecule has 0 amide bonds. The molecule has 4 heteroatoms. The van der Waals surface area contributed by atoms with Gasteiger partial charge in [0.25, 0.3) is 0 Å². The largest absolute Gasteiger partial charge is 0.383 e. The van der Waals surface area contributed by atoms with Crippen LogP contribution in [-0.2, 0) is 0 Å². The number of nitrogens with zero attached hydrogens (tertiary/aromatic N) is 1. The van der Waals surface area contributed by atoms with Crippen molar-refractivity contribution in [2.45, 2.75) is 0 Å². The average Bonchev–Trinajstić information content (AvgIpc) is 2.02. The maximum Gasteiger partial charge on any atom is 0.132 e. The van der Waals surface area contributed by atoms with Gasteiger partial charge in [0, 0.05) is 16.1 Å². The predicted molar refractivity (Wildman–Crippen MR) is 53.8 cm³/mol. The molecule has 0 bridgehead atoms. The zero-order chi connectivity index (χ0) is 9.42. The van der Waals surface area contributed by atoms with Crippen LogP contribution in [0.15, 0.2) is 28.9 Å². The van der Waals surface area contributed by atoms with Crippen molar-refractivity contribution < 1.29 is 4.39 Å². The van der Waals surface area contributed by atoms with Crippen molar-refractivity contribution in [2.75, 3.05) is 5.73 Å². The van der Waals surface area contributed by atoms with E-state index in [0.717, 1.165) is 10.8 Å². The average molecular weight is 241 g/mol. The van der Waals surface area contributed by atoms with Crippen LogP contribution < -0.4 is 5.73 Å². The zero-order valence-electron chi connectivity index (χ0n) is 6.59. The van der Waals surface area contributed by atoms with Gasteiger partial charge < -0.3 is 5.73 Å². The fourth-order valence-corrected chi connectivity index (χ4v) is 1.91. The molecule has 1 aromatic carbocycles. The number of anilines is 1. The van der Waals surface area contributed by atoms with Crippen LogP contribution in [0.4, 0.5) is 10.2 Å². The quantitative estimate of drug-likeness (QED) is 0.770. The lowest BCUT2D eigenvalue weighted by molar-refractivity contribution is 0.629. The number of fused-ring (bicyclic) bond motifs is 1. The standard InChI is InChI=1S/C9H6BrFN2/c10-7-4-6(11)3-5-1-2-13-9(12)8(5)7/h1-4H,(H2,12,13). The highest BCUT2D eigenvalue weighted by Crippen LogP contribution is 2.28. The number of halogens is 2. The second-order valence-electron chi connectivity index (χ2n) is 2.68. The summed E-state index contributed by atoms with van der Waals surface area (Å²) in [6.45, 7) is 0. The van der Waals surface area contributed by atoms with Gasteiger partial charge in [-0.3, -0.25) is 0 Å². The Morgan fingerprint density at radius 3 is 2.92 bits per heavy atom. The van der Waals surface area contributed by atoms with Crippen molar-refractivity contribution in [1.82, 2.24) is 4.98 Å². The summed E-state index contributed by atoms with van der Waals surface area (Å²) in [5.74, 6) is 0.120. The van der Waals surface area contributed by atoms with E-state index in [1.165, 1.54) is 12.1 Å². The van der Waals surface area contributed by atoms with Gasteiger partial charge in [0.05, 0.1) is 0 Å². The van der Waals surface area contributed by atoms with Gasteiger partial charge in [-0.2, -0.15) is 0 Å². The Hall–Kier alpha value is -1.16. The summed E-state index contributed by atoms with van der Waals surface area (Å²) in [5, 5.41) is 1.50. The van der Waals surface area contributed by atoms with E-state index in [0.29, 0.717) is 10.3 Å². The Kier molecular flexibility index (Phi) is 1.92. The number of hydrogen-bond acceptors (Lipinski definition) is 2. The number of rotatable bonds is 0. The molecule has 0 saturated heterocycles. The molecule has 0 saturated carbocycles. The molecular formula is C9H6BrFN2. The van der Waals surface area contributed by atoms with Gasteiger partial charge in [-0.25, -0.2) is 9.37 Å². The molecule has 1 heterocycles. The summed E-state index contributed by atoms with van der Waals surface area (Å²) in [7, 11) is 0. The van der Waals surface area contributed by atoms with Crippen molar-refractivity contribution in [3.05, 3.63) is 34.7 Å². The van der Waals surface area contributed by atoms with Crippen LogP contribution in [0.25, 0.3) is 10.8 Å². The molecule has 1 aromatic heterocycles. The van der Waals surface area contributed by atoms with Crippen LogP contribution in [0.1, 0.15) is 0 Å². The molecule has 13 heavy (non-hydrogen) atoms. The second kappa shape index (κ2) is 2.96. The summed E-state index contributed by atoms with van der Waals surface area (Å²) < 4.78 is 13.6. The summed E-state index contributed by atoms with van der Waals surface area (Å²) in [6.07, 6.45) is 1.56. The van der Waals surface area contributed by atoms with E-state index in [1.54, 1.807) is 12.3 Å².